The molecule has 1 aliphatic heterocycles. The number of hydrogen-bond acceptors (Lipinski definition) is 6. The average Bonchev–Trinajstić information content (AvgIpc) is 3.21. The van der Waals surface area contributed by atoms with Gasteiger partial charge >= 0.3 is 0 Å². The van der Waals surface area contributed by atoms with Crippen LogP contribution in [0.2, 0.25) is 0 Å². The first kappa shape index (κ1) is 19.8. The topological polar surface area (TPSA) is 73.7 Å². The number of guanidine groups is 1. The third-order valence-corrected chi connectivity index (χ3v) is 6.60. The van der Waals surface area contributed by atoms with Crippen molar-refractivity contribution in [3.05, 3.63) is 36.2 Å². The van der Waals surface area contributed by atoms with E-state index in [1.807, 2.05) is 30.3 Å². The number of aromatic nitrogens is 2. The highest BCUT2D eigenvalue weighted by molar-refractivity contribution is 7.85. The molecule has 3 rings (SSSR count). The Morgan fingerprint density at radius 3 is 2.63 bits per heavy atom. The first-order valence-electron chi connectivity index (χ1n) is 9.17. The average molecular weight is 407 g/mol. The van der Waals surface area contributed by atoms with Crippen LogP contribution < -0.4 is 10.2 Å². The second kappa shape index (κ2) is 9.80. The van der Waals surface area contributed by atoms with E-state index in [2.05, 4.69) is 36.4 Å². The lowest BCUT2D eigenvalue weighted by Gasteiger charge is -2.36. The van der Waals surface area contributed by atoms with Gasteiger partial charge in [0.2, 0.25) is 5.13 Å². The Morgan fingerprint density at radius 2 is 2.00 bits per heavy atom. The Hall–Kier alpha value is -2.00. The fourth-order valence-electron chi connectivity index (χ4n) is 2.90. The van der Waals surface area contributed by atoms with Gasteiger partial charge < -0.3 is 15.1 Å². The van der Waals surface area contributed by atoms with Crippen molar-refractivity contribution >= 4 is 33.4 Å². The molecule has 27 heavy (non-hydrogen) atoms. The van der Waals surface area contributed by atoms with E-state index in [-0.39, 0.29) is 0 Å². The fourth-order valence-corrected chi connectivity index (χ4v) is 4.69. The lowest BCUT2D eigenvalue weighted by atomic mass is 10.3. The van der Waals surface area contributed by atoms with E-state index < -0.39 is 10.8 Å². The smallest absolute Gasteiger partial charge is 0.205 e. The highest BCUT2D eigenvalue weighted by Gasteiger charge is 2.22. The number of hydrogen-bond donors (Lipinski definition) is 1. The molecule has 0 bridgehead atoms. The summed E-state index contributed by atoms with van der Waals surface area (Å²) in [6.07, 6.45) is 0.872. The number of rotatable bonds is 6. The first-order valence-corrected chi connectivity index (χ1v) is 11.3. The molecular formula is C18H26N6OS2. The second-order valence-corrected chi connectivity index (χ2v) is 8.46. The van der Waals surface area contributed by atoms with Gasteiger partial charge in [0.15, 0.2) is 5.96 Å². The molecule has 1 aromatic heterocycles. The molecule has 1 unspecified atom stereocenters. The van der Waals surface area contributed by atoms with E-state index >= 15 is 0 Å². The maximum Gasteiger partial charge on any atom is 0.205 e. The van der Waals surface area contributed by atoms with Crippen molar-refractivity contribution in [2.45, 2.75) is 18.2 Å². The van der Waals surface area contributed by atoms with Crippen LogP contribution in [0.3, 0.4) is 0 Å². The van der Waals surface area contributed by atoms with Crippen LogP contribution in [-0.2, 0) is 17.2 Å². The quantitative estimate of drug-likeness (QED) is 0.580. The number of anilines is 1. The van der Waals surface area contributed by atoms with Crippen molar-refractivity contribution in [2.24, 2.45) is 4.99 Å². The molecule has 0 radical (unpaired) electrons. The summed E-state index contributed by atoms with van der Waals surface area (Å²) in [5, 5.41) is 4.35. The fraction of sp³-hybridized carbons (Fsp3) is 0.500. The van der Waals surface area contributed by atoms with Gasteiger partial charge in [0.05, 0.1) is 10.8 Å². The van der Waals surface area contributed by atoms with Crippen molar-refractivity contribution in [1.29, 1.82) is 0 Å². The molecule has 0 spiro atoms. The van der Waals surface area contributed by atoms with Crippen LogP contribution in [-0.4, -0.2) is 70.0 Å². The number of aryl methyl sites for hydroxylation is 1. The Balaban J connectivity index is 1.45. The number of aliphatic imine (C=N–C) groups is 1. The molecule has 1 saturated heterocycles. The maximum atomic E-state index is 12.3. The number of nitrogens with one attached hydrogen (secondary N) is 1. The predicted molar refractivity (Wildman–Crippen MR) is 112 cm³/mol. The Kier molecular flexibility index (Phi) is 7.17. The SMILES string of the molecule is CCc1nsc(N2CCN(C(=NC)NCCS(=O)c3ccccc3)CC2)n1. The molecule has 9 heteroatoms. The molecule has 2 heterocycles. The highest BCUT2D eigenvalue weighted by Crippen LogP contribution is 2.19. The van der Waals surface area contributed by atoms with Gasteiger partial charge in [0.1, 0.15) is 5.82 Å². The summed E-state index contributed by atoms with van der Waals surface area (Å²) >= 11 is 1.48. The largest absolute Gasteiger partial charge is 0.355 e. The Bertz CT molecular complexity index is 771. The van der Waals surface area contributed by atoms with E-state index in [0.717, 1.165) is 54.4 Å². The Morgan fingerprint density at radius 1 is 1.26 bits per heavy atom. The number of nitrogens with zero attached hydrogens (tertiary/aromatic N) is 5. The lowest BCUT2D eigenvalue weighted by Crippen LogP contribution is -2.53. The third-order valence-electron chi connectivity index (χ3n) is 4.41. The molecule has 0 saturated carbocycles. The summed E-state index contributed by atoms with van der Waals surface area (Å²) in [5.74, 6) is 2.35. The monoisotopic (exact) mass is 406 g/mol. The van der Waals surface area contributed by atoms with Crippen LogP contribution in [0.25, 0.3) is 0 Å². The molecule has 2 aromatic rings. The number of benzene rings is 1. The minimum atomic E-state index is -0.994. The summed E-state index contributed by atoms with van der Waals surface area (Å²) < 4.78 is 16.7. The molecule has 1 atom stereocenters. The molecule has 1 aliphatic rings. The van der Waals surface area contributed by atoms with Crippen molar-refractivity contribution in [3.8, 4) is 0 Å². The molecule has 1 fully saturated rings. The van der Waals surface area contributed by atoms with Crippen LogP contribution in [0, 0.1) is 0 Å². The van der Waals surface area contributed by atoms with Crippen molar-refractivity contribution in [3.63, 3.8) is 0 Å². The van der Waals surface area contributed by atoms with Crippen LogP contribution in [0.4, 0.5) is 5.13 Å². The third kappa shape index (κ3) is 5.26. The van der Waals surface area contributed by atoms with E-state index in [4.69, 9.17) is 0 Å². The maximum absolute atomic E-state index is 12.3. The van der Waals surface area contributed by atoms with Gasteiger partial charge in [0.25, 0.3) is 0 Å². The lowest BCUT2D eigenvalue weighted by molar-refractivity contribution is 0.373. The standard InChI is InChI=1S/C18H26N6OS2/c1-3-16-21-18(26-22-16)24-12-10-23(11-13-24)17(19-2)20-9-14-27(25)15-7-5-4-6-8-15/h4-8H,3,9-14H2,1-2H3,(H,19,20). The van der Waals surface area contributed by atoms with Gasteiger partial charge in [-0.25, -0.2) is 4.98 Å². The van der Waals surface area contributed by atoms with Crippen LogP contribution in [0.1, 0.15) is 12.7 Å². The summed E-state index contributed by atoms with van der Waals surface area (Å²) in [7, 11) is 0.799. The van der Waals surface area contributed by atoms with Crippen LogP contribution in [0.15, 0.2) is 40.2 Å². The van der Waals surface area contributed by atoms with Crippen molar-refractivity contribution in [2.75, 3.05) is 50.4 Å². The second-order valence-electron chi connectivity index (χ2n) is 6.16. The zero-order valence-electron chi connectivity index (χ0n) is 15.8. The van der Waals surface area contributed by atoms with Crippen LogP contribution >= 0.6 is 11.5 Å². The molecule has 0 amide bonds. The minimum Gasteiger partial charge on any atom is -0.355 e. The summed E-state index contributed by atoms with van der Waals surface area (Å²) in [5.41, 5.74) is 0. The molecule has 1 aromatic carbocycles. The van der Waals surface area contributed by atoms with Crippen LogP contribution in [0.5, 0.6) is 0 Å². The van der Waals surface area contributed by atoms with Gasteiger partial charge in [-0.05, 0) is 12.1 Å². The van der Waals surface area contributed by atoms with Gasteiger partial charge in [-0.1, -0.05) is 25.1 Å². The Labute approximate surface area is 167 Å². The minimum absolute atomic E-state index is 0.563. The van der Waals surface area contributed by atoms with Gasteiger partial charge in [-0.3, -0.25) is 9.20 Å². The molecular weight excluding hydrogens is 380 g/mol. The van der Waals surface area contributed by atoms with Crippen molar-refractivity contribution in [1.82, 2.24) is 19.6 Å². The molecule has 0 aliphatic carbocycles. The van der Waals surface area contributed by atoms with E-state index in [0.29, 0.717) is 12.3 Å². The first-order chi connectivity index (χ1) is 13.2. The normalized spacial score (nSPS) is 16.4. The molecule has 1 N–H and O–H groups in total. The van der Waals surface area contributed by atoms with E-state index in [1.54, 1.807) is 7.05 Å². The zero-order chi connectivity index (χ0) is 19.1. The number of piperazine rings is 1. The van der Waals surface area contributed by atoms with Gasteiger partial charge in [-0.2, -0.15) is 4.37 Å². The molecule has 7 nitrogen and oxygen atoms in total. The van der Waals surface area contributed by atoms with E-state index in [9.17, 15) is 4.21 Å². The highest BCUT2D eigenvalue weighted by atomic mass is 32.2. The molecule has 146 valence electrons. The van der Waals surface area contributed by atoms with Gasteiger partial charge in [0, 0.05) is 68.4 Å². The van der Waals surface area contributed by atoms with Crippen molar-refractivity contribution < 1.29 is 4.21 Å². The summed E-state index contributed by atoms with van der Waals surface area (Å²) in [6, 6.07) is 9.58. The predicted octanol–water partition coefficient (Wildman–Crippen LogP) is 1.61. The summed E-state index contributed by atoms with van der Waals surface area (Å²) in [4.78, 5) is 14.4. The summed E-state index contributed by atoms with van der Waals surface area (Å²) in [6.45, 7) is 6.25. The van der Waals surface area contributed by atoms with E-state index in [1.165, 1.54) is 11.5 Å². The van der Waals surface area contributed by atoms with Gasteiger partial charge in [-0.15, -0.1) is 0 Å². The zero-order valence-corrected chi connectivity index (χ0v) is 17.4.